The maximum Gasteiger partial charge on any atom is 0.221 e. The molecule has 1 fully saturated rings. The number of nitrogens with zero attached hydrogens (tertiary/aromatic N) is 2. The SMILES string of the molecule is CCN1CCC(CNC(=O)CCS(C)(=O)=O)(N(C)C)CC1. The predicted molar refractivity (Wildman–Crippen MR) is 85.1 cm³/mol. The molecule has 1 aliphatic heterocycles. The molecule has 7 heteroatoms. The first-order valence-electron chi connectivity index (χ1n) is 7.53. The number of carbonyl (C=O) groups is 1. The summed E-state index contributed by atoms with van der Waals surface area (Å²) in [5, 5.41) is 2.92. The Morgan fingerprint density at radius 1 is 1.29 bits per heavy atom. The summed E-state index contributed by atoms with van der Waals surface area (Å²) < 4.78 is 22.2. The highest BCUT2D eigenvalue weighted by molar-refractivity contribution is 7.90. The second-order valence-electron chi connectivity index (χ2n) is 6.21. The molecule has 0 aliphatic carbocycles. The summed E-state index contributed by atoms with van der Waals surface area (Å²) in [6, 6.07) is 0. The van der Waals surface area contributed by atoms with Crippen LogP contribution in [0.4, 0.5) is 0 Å². The van der Waals surface area contributed by atoms with Crippen LogP contribution in [0.15, 0.2) is 0 Å². The van der Waals surface area contributed by atoms with E-state index in [1.165, 1.54) is 0 Å². The molecule has 0 aromatic heterocycles. The standard InChI is InChI=1S/C14H29N3O3S/c1-5-17-9-7-14(8-10-17,16(2)3)12-15-13(18)6-11-21(4,19)20/h5-12H2,1-4H3,(H,15,18). The van der Waals surface area contributed by atoms with Gasteiger partial charge in [-0.2, -0.15) is 0 Å². The fourth-order valence-corrected chi connectivity index (χ4v) is 3.25. The highest BCUT2D eigenvalue weighted by Crippen LogP contribution is 2.26. The third kappa shape index (κ3) is 5.92. The normalized spacial score (nSPS) is 19.7. The zero-order chi connectivity index (χ0) is 16.1. The van der Waals surface area contributed by atoms with E-state index < -0.39 is 9.84 Å². The molecule has 1 saturated heterocycles. The molecule has 0 unspecified atom stereocenters. The molecule has 0 saturated carbocycles. The molecular formula is C14H29N3O3S. The fourth-order valence-electron chi connectivity index (χ4n) is 2.70. The number of likely N-dealkylation sites (tertiary alicyclic amines) is 1. The van der Waals surface area contributed by atoms with Gasteiger partial charge in [-0.3, -0.25) is 4.79 Å². The Morgan fingerprint density at radius 3 is 2.29 bits per heavy atom. The summed E-state index contributed by atoms with van der Waals surface area (Å²) >= 11 is 0. The highest BCUT2D eigenvalue weighted by atomic mass is 32.2. The first-order valence-corrected chi connectivity index (χ1v) is 9.59. The first kappa shape index (κ1) is 18.4. The summed E-state index contributed by atoms with van der Waals surface area (Å²) in [5.74, 6) is -0.267. The van der Waals surface area contributed by atoms with E-state index in [4.69, 9.17) is 0 Å². The molecule has 1 aliphatic rings. The fraction of sp³-hybridized carbons (Fsp3) is 0.929. The van der Waals surface area contributed by atoms with Crippen molar-refractivity contribution in [1.82, 2.24) is 15.1 Å². The Morgan fingerprint density at radius 2 is 1.86 bits per heavy atom. The van der Waals surface area contributed by atoms with E-state index in [1.54, 1.807) is 0 Å². The molecule has 124 valence electrons. The minimum absolute atomic E-state index is 0.0214. The number of amides is 1. The molecule has 1 amide bonds. The van der Waals surface area contributed by atoms with Gasteiger partial charge in [0.25, 0.3) is 0 Å². The van der Waals surface area contributed by atoms with Gasteiger partial charge in [-0.1, -0.05) is 6.92 Å². The molecule has 0 bridgehead atoms. The summed E-state index contributed by atoms with van der Waals surface area (Å²) in [4.78, 5) is 16.4. The van der Waals surface area contributed by atoms with Crippen molar-refractivity contribution in [1.29, 1.82) is 0 Å². The van der Waals surface area contributed by atoms with Crippen molar-refractivity contribution in [3.05, 3.63) is 0 Å². The first-order chi connectivity index (χ1) is 9.68. The number of nitrogens with one attached hydrogen (secondary N) is 1. The molecule has 0 radical (unpaired) electrons. The maximum atomic E-state index is 11.8. The van der Waals surface area contributed by atoms with E-state index in [1.807, 2.05) is 14.1 Å². The van der Waals surface area contributed by atoms with Crippen molar-refractivity contribution in [2.75, 3.05) is 52.3 Å². The molecule has 0 aromatic rings. The van der Waals surface area contributed by atoms with Gasteiger partial charge in [0.2, 0.25) is 5.91 Å². The summed E-state index contributed by atoms with van der Waals surface area (Å²) in [7, 11) is 1.01. The minimum Gasteiger partial charge on any atom is -0.354 e. The van der Waals surface area contributed by atoms with Crippen LogP contribution in [0, 0.1) is 0 Å². The smallest absolute Gasteiger partial charge is 0.221 e. The van der Waals surface area contributed by atoms with Crippen molar-refractivity contribution >= 4 is 15.7 Å². The second-order valence-corrected chi connectivity index (χ2v) is 8.47. The van der Waals surface area contributed by atoms with Crippen molar-refractivity contribution in [3.63, 3.8) is 0 Å². The van der Waals surface area contributed by atoms with Crippen LogP contribution in [0.3, 0.4) is 0 Å². The number of rotatable bonds is 7. The lowest BCUT2D eigenvalue weighted by Crippen LogP contribution is -2.58. The van der Waals surface area contributed by atoms with Crippen LogP contribution in [-0.4, -0.2) is 81.9 Å². The lowest BCUT2D eigenvalue weighted by atomic mass is 9.86. The van der Waals surface area contributed by atoms with Crippen LogP contribution < -0.4 is 5.32 Å². The molecule has 21 heavy (non-hydrogen) atoms. The molecule has 1 rings (SSSR count). The largest absolute Gasteiger partial charge is 0.354 e. The zero-order valence-electron chi connectivity index (χ0n) is 13.7. The molecule has 0 aromatic carbocycles. The van der Waals surface area contributed by atoms with Gasteiger partial charge in [-0.25, -0.2) is 8.42 Å². The van der Waals surface area contributed by atoms with Crippen LogP contribution in [0.5, 0.6) is 0 Å². The highest BCUT2D eigenvalue weighted by Gasteiger charge is 2.36. The number of likely N-dealkylation sites (N-methyl/N-ethyl adjacent to an activating group) is 1. The Balaban J connectivity index is 2.51. The topological polar surface area (TPSA) is 69.7 Å². The number of hydrogen-bond acceptors (Lipinski definition) is 5. The molecule has 0 atom stereocenters. The lowest BCUT2D eigenvalue weighted by Gasteiger charge is -2.46. The van der Waals surface area contributed by atoms with Crippen LogP contribution >= 0.6 is 0 Å². The average Bonchev–Trinajstić information content (AvgIpc) is 2.42. The predicted octanol–water partition coefficient (Wildman–Crippen LogP) is -0.0466. The van der Waals surface area contributed by atoms with Gasteiger partial charge in [-0.15, -0.1) is 0 Å². The van der Waals surface area contributed by atoms with Gasteiger partial charge in [0, 0.05) is 24.8 Å². The molecular weight excluding hydrogens is 290 g/mol. The number of carbonyl (C=O) groups excluding carboxylic acids is 1. The Kier molecular flexibility index (Phi) is 6.62. The van der Waals surface area contributed by atoms with Gasteiger partial charge >= 0.3 is 0 Å². The van der Waals surface area contributed by atoms with Gasteiger partial charge < -0.3 is 15.1 Å². The Hall–Kier alpha value is -0.660. The quantitative estimate of drug-likeness (QED) is 0.713. The van der Waals surface area contributed by atoms with Gasteiger partial charge in [-0.05, 0) is 46.6 Å². The number of hydrogen-bond donors (Lipinski definition) is 1. The van der Waals surface area contributed by atoms with Crippen LogP contribution in [0.1, 0.15) is 26.2 Å². The molecule has 6 nitrogen and oxygen atoms in total. The monoisotopic (exact) mass is 319 g/mol. The van der Waals surface area contributed by atoms with Gasteiger partial charge in [0.05, 0.1) is 5.75 Å². The van der Waals surface area contributed by atoms with E-state index >= 15 is 0 Å². The minimum atomic E-state index is -3.08. The second kappa shape index (κ2) is 7.56. The molecule has 1 N–H and O–H groups in total. The Labute approximate surface area is 128 Å². The molecule has 0 spiro atoms. The number of piperidine rings is 1. The number of sulfone groups is 1. The van der Waals surface area contributed by atoms with E-state index in [-0.39, 0.29) is 23.6 Å². The Bertz CT molecular complexity index is 440. The van der Waals surface area contributed by atoms with E-state index in [0.29, 0.717) is 6.54 Å². The van der Waals surface area contributed by atoms with Crippen LogP contribution in [-0.2, 0) is 14.6 Å². The van der Waals surface area contributed by atoms with Crippen molar-refractivity contribution in [2.24, 2.45) is 0 Å². The van der Waals surface area contributed by atoms with E-state index in [0.717, 1.165) is 38.7 Å². The summed E-state index contributed by atoms with van der Waals surface area (Å²) in [5.41, 5.74) is -0.0214. The van der Waals surface area contributed by atoms with E-state index in [9.17, 15) is 13.2 Å². The third-order valence-electron chi connectivity index (χ3n) is 4.50. The van der Waals surface area contributed by atoms with Crippen LogP contribution in [0.25, 0.3) is 0 Å². The molecule has 1 heterocycles. The van der Waals surface area contributed by atoms with Gasteiger partial charge in [0.15, 0.2) is 0 Å². The van der Waals surface area contributed by atoms with Crippen LogP contribution in [0.2, 0.25) is 0 Å². The summed E-state index contributed by atoms with van der Waals surface area (Å²) in [6.45, 7) is 5.88. The maximum absolute atomic E-state index is 11.8. The van der Waals surface area contributed by atoms with Gasteiger partial charge in [0.1, 0.15) is 9.84 Å². The van der Waals surface area contributed by atoms with Crippen molar-refractivity contribution in [2.45, 2.75) is 31.7 Å². The van der Waals surface area contributed by atoms with Crippen molar-refractivity contribution in [3.8, 4) is 0 Å². The third-order valence-corrected chi connectivity index (χ3v) is 5.44. The lowest BCUT2D eigenvalue weighted by molar-refractivity contribution is -0.121. The average molecular weight is 319 g/mol. The van der Waals surface area contributed by atoms with E-state index in [2.05, 4.69) is 22.0 Å². The summed E-state index contributed by atoms with van der Waals surface area (Å²) in [6.07, 6.45) is 3.23. The van der Waals surface area contributed by atoms with Crippen molar-refractivity contribution < 1.29 is 13.2 Å². The zero-order valence-corrected chi connectivity index (χ0v) is 14.5.